The highest BCUT2D eigenvalue weighted by Gasteiger charge is 2.33. The molecule has 3 rings (SSSR count). The average molecular weight is 310 g/mol. The molecule has 0 bridgehead atoms. The minimum absolute atomic E-state index is 0.0706. The first-order valence-corrected chi connectivity index (χ1v) is 7.94. The fourth-order valence-corrected chi connectivity index (χ4v) is 2.69. The lowest BCUT2D eigenvalue weighted by Gasteiger charge is -2.19. The van der Waals surface area contributed by atoms with Gasteiger partial charge in [-0.1, -0.05) is 35.9 Å². The number of hydrogen-bond acceptors (Lipinski definition) is 2. The van der Waals surface area contributed by atoms with Crippen molar-refractivity contribution in [2.24, 2.45) is 5.92 Å². The fraction of sp³-hybridized carbons (Fsp3) is 0.316. The molecule has 0 aliphatic heterocycles. The second-order valence-corrected chi connectivity index (χ2v) is 6.06. The van der Waals surface area contributed by atoms with Gasteiger partial charge in [-0.3, -0.25) is 0 Å². The van der Waals surface area contributed by atoms with E-state index in [1.54, 1.807) is 13.2 Å². The van der Waals surface area contributed by atoms with Crippen LogP contribution >= 0.6 is 0 Å². The van der Waals surface area contributed by atoms with Gasteiger partial charge in [0, 0.05) is 11.8 Å². The smallest absolute Gasteiger partial charge is 0.319 e. The molecule has 2 amide bonds. The Morgan fingerprint density at radius 3 is 2.57 bits per heavy atom. The molecule has 0 spiro atoms. The van der Waals surface area contributed by atoms with Crippen molar-refractivity contribution in [1.29, 1.82) is 0 Å². The Kier molecular flexibility index (Phi) is 4.51. The van der Waals surface area contributed by atoms with Gasteiger partial charge in [-0.15, -0.1) is 0 Å². The van der Waals surface area contributed by atoms with Crippen LogP contribution in [-0.4, -0.2) is 13.1 Å². The van der Waals surface area contributed by atoms with Gasteiger partial charge in [0.25, 0.3) is 0 Å². The number of nitrogens with one attached hydrogen (secondary N) is 2. The number of carbonyl (C=O) groups excluding carboxylic acids is 1. The minimum atomic E-state index is -0.185. The van der Waals surface area contributed by atoms with Crippen LogP contribution in [0.25, 0.3) is 0 Å². The quantitative estimate of drug-likeness (QED) is 0.866. The largest absolute Gasteiger partial charge is 0.497 e. The molecule has 4 heteroatoms. The molecule has 2 N–H and O–H groups in total. The van der Waals surface area contributed by atoms with Crippen LogP contribution in [0.15, 0.2) is 48.5 Å². The highest BCUT2D eigenvalue weighted by atomic mass is 16.5. The van der Waals surface area contributed by atoms with Gasteiger partial charge in [-0.05, 0) is 43.4 Å². The Morgan fingerprint density at radius 1 is 1.17 bits per heavy atom. The maximum atomic E-state index is 12.3. The van der Waals surface area contributed by atoms with Crippen LogP contribution in [-0.2, 0) is 0 Å². The molecule has 1 aliphatic rings. The van der Waals surface area contributed by atoms with Crippen LogP contribution in [0, 0.1) is 12.8 Å². The van der Waals surface area contributed by atoms with Crippen LogP contribution in [0.1, 0.15) is 30.0 Å². The highest BCUT2D eigenvalue weighted by Crippen LogP contribution is 2.41. The molecule has 120 valence electrons. The predicted octanol–water partition coefficient (Wildman–Crippen LogP) is 4.28. The van der Waals surface area contributed by atoms with Crippen LogP contribution in [0.4, 0.5) is 10.5 Å². The molecule has 2 aromatic carbocycles. The maximum absolute atomic E-state index is 12.3. The summed E-state index contributed by atoms with van der Waals surface area (Å²) in [5, 5.41) is 5.99. The van der Waals surface area contributed by atoms with Crippen LogP contribution in [0.5, 0.6) is 5.75 Å². The lowest BCUT2D eigenvalue weighted by molar-refractivity contribution is 0.247. The van der Waals surface area contributed by atoms with Gasteiger partial charge in [0.1, 0.15) is 5.75 Å². The lowest BCUT2D eigenvalue weighted by atomic mass is 10.0. The summed E-state index contributed by atoms with van der Waals surface area (Å²) in [6.07, 6.45) is 2.33. The number of carbonyl (C=O) groups is 1. The number of aryl methyl sites for hydroxylation is 1. The zero-order valence-electron chi connectivity index (χ0n) is 13.5. The number of rotatable bonds is 5. The maximum Gasteiger partial charge on any atom is 0.319 e. The van der Waals surface area contributed by atoms with E-state index in [2.05, 4.69) is 41.8 Å². The molecule has 1 aliphatic carbocycles. The summed E-state index contributed by atoms with van der Waals surface area (Å²) in [4.78, 5) is 12.3. The van der Waals surface area contributed by atoms with Gasteiger partial charge >= 0.3 is 6.03 Å². The first-order chi connectivity index (χ1) is 11.2. The van der Waals surface area contributed by atoms with E-state index in [1.807, 2.05) is 18.2 Å². The van der Waals surface area contributed by atoms with E-state index in [-0.39, 0.29) is 12.1 Å². The van der Waals surface area contributed by atoms with E-state index in [4.69, 9.17) is 4.74 Å². The molecule has 0 aromatic heterocycles. The van der Waals surface area contributed by atoms with Crippen molar-refractivity contribution in [1.82, 2.24) is 5.32 Å². The van der Waals surface area contributed by atoms with Crippen molar-refractivity contribution < 1.29 is 9.53 Å². The zero-order chi connectivity index (χ0) is 16.2. The van der Waals surface area contributed by atoms with Gasteiger partial charge in [-0.25, -0.2) is 4.79 Å². The molecule has 1 saturated carbocycles. The van der Waals surface area contributed by atoms with E-state index in [1.165, 1.54) is 11.1 Å². The van der Waals surface area contributed by atoms with Crippen molar-refractivity contribution in [3.05, 3.63) is 59.7 Å². The molecule has 0 radical (unpaired) electrons. The van der Waals surface area contributed by atoms with Crippen LogP contribution in [0.3, 0.4) is 0 Å². The summed E-state index contributed by atoms with van der Waals surface area (Å²) in [5.74, 6) is 1.26. The van der Waals surface area contributed by atoms with Gasteiger partial charge < -0.3 is 15.4 Å². The molecule has 2 aromatic rings. The molecule has 23 heavy (non-hydrogen) atoms. The molecule has 0 saturated heterocycles. The number of hydrogen-bond donors (Lipinski definition) is 2. The number of methoxy groups -OCH3 is 1. The van der Waals surface area contributed by atoms with Gasteiger partial charge in [0.2, 0.25) is 0 Å². The number of urea groups is 1. The number of anilines is 1. The van der Waals surface area contributed by atoms with Crippen LogP contribution in [0.2, 0.25) is 0 Å². The molecule has 0 heterocycles. The lowest BCUT2D eigenvalue weighted by Crippen LogP contribution is -2.33. The van der Waals surface area contributed by atoms with E-state index < -0.39 is 0 Å². The molecular formula is C19H22N2O2. The number of ether oxygens (including phenoxy) is 1. The van der Waals surface area contributed by atoms with E-state index in [0.717, 1.165) is 24.3 Å². The SMILES string of the molecule is COc1cccc(NC(=O)N[C@H](c2ccc(C)cc2)C2CC2)c1. The first-order valence-electron chi connectivity index (χ1n) is 7.94. The Balaban J connectivity index is 1.67. The molecule has 1 fully saturated rings. The minimum Gasteiger partial charge on any atom is -0.497 e. The average Bonchev–Trinajstić information content (AvgIpc) is 3.38. The fourth-order valence-electron chi connectivity index (χ4n) is 2.69. The first kappa shape index (κ1) is 15.4. The summed E-state index contributed by atoms with van der Waals surface area (Å²) >= 11 is 0. The summed E-state index contributed by atoms with van der Waals surface area (Å²) in [5.41, 5.74) is 3.11. The summed E-state index contributed by atoms with van der Waals surface area (Å²) in [6, 6.07) is 15.6. The molecule has 4 nitrogen and oxygen atoms in total. The molecule has 1 atom stereocenters. The van der Waals surface area contributed by atoms with E-state index in [9.17, 15) is 4.79 Å². The summed E-state index contributed by atoms with van der Waals surface area (Å²) in [7, 11) is 1.61. The topological polar surface area (TPSA) is 50.4 Å². The van der Waals surface area contributed by atoms with E-state index >= 15 is 0 Å². The summed E-state index contributed by atoms with van der Waals surface area (Å²) in [6.45, 7) is 2.07. The number of amides is 2. The summed E-state index contributed by atoms with van der Waals surface area (Å²) < 4.78 is 5.17. The molecular weight excluding hydrogens is 288 g/mol. The van der Waals surface area contributed by atoms with Crippen LogP contribution < -0.4 is 15.4 Å². The van der Waals surface area contributed by atoms with Gasteiger partial charge in [0.15, 0.2) is 0 Å². The monoisotopic (exact) mass is 310 g/mol. The predicted molar refractivity (Wildman–Crippen MR) is 91.8 cm³/mol. The highest BCUT2D eigenvalue weighted by molar-refractivity contribution is 5.89. The third-order valence-electron chi connectivity index (χ3n) is 4.14. The zero-order valence-corrected chi connectivity index (χ0v) is 13.5. The molecule has 0 unspecified atom stereocenters. The second-order valence-electron chi connectivity index (χ2n) is 6.06. The normalized spacial score (nSPS) is 14.9. The van der Waals surface area contributed by atoms with Crippen molar-refractivity contribution >= 4 is 11.7 Å². The number of benzene rings is 2. The van der Waals surface area contributed by atoms with Gasteiger partial charge in [-0.2, -0.15) is 0 Å². The Morgan fingerprint density at radius 2 is 1.91 bits per heavy atom. The van der Waals surface area contributed by atoms with E-state index in [0.29, 0.717) is 5.92 Å². The van der Waals surface area contributed by atoms with Crippen molar-refractivity contribution in [3.8, 4) is 5.75 Å². The Labute approximate surface area is 136 Å². The second kappa shape index (κ2) is 6.73. The van der Waals surface area contributed by atoms with Crippen molar-refractivity contribution in [3.63, 3.8) is 0 Å². The third-order valence-corrected chi connectivity index (χ3v) is 4.14. The van der Waals surface area contributed by atoms with Gasteiger partial charge in [0.05, 0.1) is 13.2 Å². The third kappa shape index (κ3) is 4.03. The van der Waals surface area contributed by atoms with Crippen molar-refractivity contribution in [2.45, 2.75) is 25.8 Å². The Hall–Kier alpha value is -2.49. The van der Waals surface area contributed by atoms with Crippen molar-refractivity contribution in [2.75, 3.05) is 12.4 Å². The Bertz CT molecular complexity index is 678. The standard InChI is InChI=1S/C19H22N2O2/c1-13-6-8-14(9-7-13)18(15-10-11-15)21-19(22)20-16-4-3-5-17(12-16)23-2/h3-9,12,15,18H,10-11H2,1-2H3,(H2,20,21,22)/t18-/m1/s1.